The Morgan fingerprint density at radius 3 is 2.71 bits per heavy atom. The highest BCUT2D eigenvalue weighted by atomic mass is 19.1. The van der Waals surface area contributed by atoms with Gasteiger partial charge in [0.15, 0.2) is 0 Å². The standard InChI is InChI=1S/C14H20FNO/c1-2-16(9-11-4-3-5-11)14-7-6-13(15)8-12(14)10-17/h6-8,11,17H,2-5,9-10H2,1H3. The highest BCUT2D eigenvalue weighted by Gasteiger charge is 2.21. The van der Waals surface area contributed by atoms with Crippen molar-refractivity contribution in [3.05, 3.63) is 29.6 Å². The van der Waals surface area contributed by atoms with E-state index in [4.69, 9.17) is 0 Å². The smallest absolute Gasteiger partial charge is 0.123 e. The molecular formula is C14H20FNO. The van der Waals surface area contributed by atoms with E-state index in [9.17, 15) is 9.50 Å². The van der Waals surface area contributed by atoms with Crippen LogP contribution in [0.3, 0.4) is 0 Å². The number of aliphatic hydroxyl groups excluding tert-OH is 1. The highest BCUT2D eigenvalue weighted by Crippen LogP contribution is 2.30. The Hall–Kier alpha value is -1.09. The molecule has 0 bridgehead atoms. The van der Waals surface area contributed by atoms with E-state index < -0.39 is 0 Å². The summed E-state index contributed by atoms with van der Waals surface area (Å²) in [5, 5.41) is 9.30. The topological polar surface area (TPSA) is 23.5 Å². The average Bonchev–Trinajstić information content (AvgIpc) is 2.29. The van der Waals surface area contributed by atoms with Gasteiger partial charge in [-0.2, -0.15) is 0 Å². The number of nitrogens with zero attached hydrogens (tertiary/aromatic N) is 1. The van der Waals surface area contributed by atoms with Gasteiger partial charge in [0.1, 0.15) is 5.82 Å². The minimum Gasteiger partial charge on any atom is -0.392 e. The van der Waals surface area contributed by atoms with E-state index in [1.165, 1.54) is 31.4 Å². The molecule has 0 atom stereocenters. The summed E-state index contributed by atoms with van der Waals surface area (Å²) in [7, 11) is 0. The number of aliphatic hydroxyl groups is 1. The summed E-state index contributed by atoms with van der Waals surface area (Å²) in [6.45, 7) is 3.92. The molecule has 1 aromatic rings. The van der Waals surface area contributed by atoms with Crippen LogP contribution < -0.4 is 4.90 Å². The van der Waals surface area contributed by atoms with Gasteiger partial charge in [-0.15, -0.1) is 0 Å². The Bertz CT molecular complexity index is 376. The van der Waals surface area contributed by atoms with Gasteiger partial charge in [0.2, 0.25) is 0 Å². The third-order valence-corrected chi connectivity index (χ3v) is 3.64. The van der Waals surface area contributed by atoms with Gasteiger partial charge >= 0.3 is 0 Å². The van der Waals surface area contributed by atoms with Crippen LogP contribution in [0.2, 0.25) is 0 Å². The quantitative estimate of drug-likeness (QED) is 0.851. The molecule has 17 heavy (non-hydrogen) atoms. The van der Waals surface area contributed by atoms with Crippen LogP contribution in [0.15, 0.2) is 18.2 Å². The monoisotopic (exact) mass is 237 g/mol. The van der Waals surface area contributed by atoms with Crippen LogP contribution in [0.25, 0.3) is 0 Å². The molecule has 94 valence electrons. The van der Waals surface area contributed by atoms with Crippen LogP contribution in [0.4, 0.5) is 10.1 Å². The second-order valence-electron chi connectivity index (χ2n) is 4.77. The third-order valence-electron chi connectivity index (χ3n) is 3.64. The second kappa shape index (κ2) is 5.50. The molecule has 0 heterocycles. The predicted molar refractivity (Wildman–Crippen MR) is 67.6 cm³/mol. The highest BCUT2D eigenvalue weighted by molar-refractivity contribution is 5.53. The molecule has 1 saturated carbocycles. The molecular weight excluding hydrogens is 217 g/mol. The maximum absolute atomic E-state index is 13.1. The SMILES string of the molecule is CCN(CC1CCC1)c1ccc(F)cc1CO. The second-order valence-corrected chi connectivity index (χ2v) is 4.77. The Balaban J connectivity index is 2.16. The van der Waals surface area contributed by atoms with Gasteiger partial charge < -0.3 is 10.0 Å². The van der Waals surface area contributed by atoms with E-state index >= 15 is 0 Å². The first-order valence-corrected chi connectivity index (χ1v) is 6.38. The minimum absolute atomic E-state index is 0.103. The van der Waals surface area contributed by atoms with Crippen molar-refractivity contribution in [3.8, 4) is 0 Å². The molecule has 0 saturated heterocycles. The zero-order valence-electron chi connectivity index (χ0n) is 10.3. The molecule has 0 amide bonds. The summed E-state index contributed by atoms with van der Waals surface area (Å²) in [4.78, 5) is 2.24. The van der Waals surface area contributed by atoms with E-state index in [2.05, 4.69) is 11.8 Å². The lowest BCUT2D eigenvalue weighted by Gasteiger charge is -2.34. The van der Waals surface area contributed by atoms with Crippen LogP contribution in [0.1, 0.15) is 31.7 Å². The van der Waals surface area contributed by atoms with Gasteiger partial charge in [-0.05, 0) is 43.9 Å². The normalized spacial score (nSPS) is 15.7. The number of rotatable bonds is 5. The summed E-state index contributed by atoms with van der Waals surface area (Å²) >= 11 is 0. The van der Waals surface area contributed by atoms with Crippen molar-refractivity contribution in [2.24, 2.45) is 5.92 Å². The van der Waals surface area contributed by atoms with Crippen molar-refractivity contribution in [1.29, 1.82) is 0 Å². The zero-order chi connectivity index (χ0) is 12.3. The number of halogens is 1. The summed E-state index contributed by atoms with van der Waals surface area (Å²) in [6.07, 6.45) is 3.93. The van der Waals surface area contributed by atoms with Crippen LogP contribution >= 0.6 is 0 Å². The van der Waals surface area contributed by atoms with E-state index in [1.807, 2.05) is 0 Å². The van der Waals surface area contributed by atoms with Crippen molar-refractivity contribution in [3.63, 3.8) is 0 Å². The maximum atomic E-state index is 13.1. The Morgan fingerprint density at radius 1 is 1.41 bits per heavy atom. The largest absolute Gasteiger partial charge is 0.392 e. The zero-order valence-corrected chi connectivity index (χ0v) is 10.3. The number of benzene rings is 1. The Morgan fingerprint density at radius 2 is 2.18 bits per heavy atom. The first kappa shape index (κ1) is 12.4. The number of hydrogen-bond acceptors (Lipinski definition) is 2. The summed E-state index contributed by atoms with van der Waals surface area (Å²) < 4.78 is 13.1. The van der Waals surface area contributed by atoms with E-state index in [0.29, 0.717) is 5.56 Å². The molecule has 2 rings (SSSR count). The molecule has 1 aromatic carbocycles. The van der Waals surface area contributed by atoms with Crippen molar-refractivity contribution in [2.45, 2.75) is 32.8 Å². The van der Waals surface area contributed by atoms with Gasteiger partial charge in [0.05, 0.1) is 6.61 Å². The van der Waals surface area contributed by atoms with Crippen LogP contribution in [0.5, 0.6) is 0 Å². The minimum atomic E-state index is -0.280. The lowest BCUT2D eigenvalue weighted by atomic mass is 9.85. The molecule has 0 aromatic heterocycles. The molecule has 0 spiro atoms. The molecule has 2 nitrogen and oxygen atoms in total. The molecule has 0 aliphatic heterocycles. The van der Waals surface area contributed by atoms with Crippen molar-refractivity contribution in [2.75, 3.05) is 18.0 Å². The average molecular weight is 237 g/mol. The van der Waals surface area contributed by atoms with Gasteiger partial charge in [0.25, 0.3) is 0 Å². The van der Waals surface area contributed by atoms with Crippen molar-refractivity contribution < 1.29 is 9.50 Å². The molecule has 1 aliphatic rings. The summed E-state index contributed by atoms with van der Waals surface area (Å²) in [5.41, 5.74) is 1.66. The fraction of sp³-hybridized carbons (Fsp3) is 0.571. The lowest BCUT2D eigenvalue weighted by Crippen LogP contribution is -2.33. The van der Waals surface area contributed by atoms with Crippen LogP contribution in [-0.2, 0) is 6.61 Å². The van der Waals surface area contributed by atoms with E-state index in [1.54, 1.807) is 6.07 Å². The molecule has 3 heteroatoms. The van der Waals surface area contributed by atoms with E-state index in [0.717, 1.165) is 24.7 Å². The molecule has 1 N–H and O–H groups in total. The third kappa shape index (κ3) is 2.78. The van der Waals surface area contributed by atoms with Gasteiger partial charge in [0, 0.05) is 24.3 Å². The van der Waals surface area contributed by atoms with Crippen LogP contribution in [0, 0.1) is 11.7 Å². The van der Waals surface area contributed by atoms with Gasteiger partial charge in [-0.25, -0.2) is 4.39 Å². The fourth-order valence-corrected chi connectivity index (χ4v) is 2.37. The Kier molecular flexibility index (Phi) is 4.00. The summed E-state index contributed by atoms with van der Waals surface area (Å²) in [6, 6.07) is 4.68. The van der Waals surface area contributed by atoms with Gasteiger partial charge in [-0.1, -0.05) is 6.42 Å². The molecule has 0 unspecified atom stereocenters. The number of hydrogen-bond donors (Lipinski definition) is 1. The van der Waals surface area contributed by atoms with Gasteiger partial charge in [-0.3, -0.25) is 0 Å². The first-order chi connectivity index (χ1) is 8.24. The summed E-state index contributed by atoms with van der Waals surface area (Å²) in [5.74, 6) is 0.490. The number of anilines is 1. The lowest BCUT2D eigenvalue weighted by molar-refractivity contribution is 0.280. The molecule has 1 fully saturated rings. The van der Waals surface area contributed by atoms with Crippen molar-refractivity contribution in [1.82, 2.24) is 0 Å². The van der Waals surface area contributed by atoms with Crippen molar-refractivity contribution >= 4 is 5.69 Å². The van der Waals surface area contributed by atoms with E-state index in [-0.39, 0.29) is 12.4 Å². The Labute approximate surface area is 102 Å². The fourth-order valence-electron chi connectivity index (χ4n) is 2.37. The maximum Gasteiger partial charge on any atom is 0.123 e. The predicted octanol–water partition coefficient (Wildman–Crippen LogP) is 2.94. The van der Waals surface area contributed by atoms with Crippen LogP contribution in [-0.4, -0.2) is 18.2 Å². The molecule has 0 radical (unpaired) electrons. The molecule has 1 aliphatic carbocycles. The first-order valence-electron chi connectivity index (χ1n) is 6.38.